The second-order valence-electron chi connectivity index (χ2n) is 4.00. The van der Waals surface area contributed by atoms with Gasteiger partial charge in [-0.1, -0.05) is 6.07 Å². The van der Waals surface area contributed by atoms with Gasteiger partial charge in [0.2, 0.25) is 5.28 Å². The number of halogens is 2. The van der Waals surface area contributed by atoms with Crippen molar-refractivity contribution in [3.05, 3.63) is 45.4 Å². The van der Waals surface area contributed by atoms with Gasteiger partial charge in [-0.05, 0) is 58.5 Å². The molecule has 0 bridgehead atoms. The zero-order valence-electron chi connectivity index (χ0n) is 9.56. The van der Waals surface area contributed by atoms with E-state index in [1.807, 2.05) is 13.1 Å². The minimum absolute atomic E-state index is 0.271. The van der Waals surface area contributed by atoms with E-state index in [9.17, 15) is 0 Å². The van der Waals surface area contributed by atoms with Gasteiger partial charge in [-0.25, -0.2) is 9.97 Å². The summed E-state index contributed by atoms with van der Waals surface area (Å²) in [4.78, 5) is 8.16. The molecule has 0 saturated heterocycles. The summed E-state index contributed by atoms with van der Waals surface area (Å²) in [6.07, 6.45) is 1.67. The Morgan fingerprint density at radius 3 is 2.83 bits per heavy atom. The Morgan fingerprint density at radius 1 is 1.22 bits per heavy atom. The highest BCUT2D eigenvalue weighted by Crippen LogP contribution is 2.27. The second-order valence-corrected chi connectivity index (χ2v) is 5.59. The van der Waals surface area contributed by atoms with Crippen molar-refractivity contribution in [1.29, 1.82) is 0 Å². The molecule has 0 unspecified atom stereocenters. The summed E-state index contributed by atoms with van der Waals surface area (Å²) in [5.74, 6) is 0. The van der Waals surface area contributed by atoms with E-state index in [-0.39, 0.29) is 5.28 Å². The van der Waals surface area contributed by atoms with E-state index in [1.54, 1.807) is 6.20 Å². The van der Waals surface area contributed by atoms with Crippen LogP contribution in [0.4, 0.5) is 0 Å². The summed E-state index contributed by atoms with van der Waals surface area (Å²) in [7, 11) is 2.03. The van der Waals surface area contributed by atoms with E-state index in [0.717, 1.165) is 11.4 Å². The Morgan fingerprint density at radius 2 is 2.06 bits per heavy atom. The number of aryl methyl sites for hydroxylation is 1. The molecule has 1 aromatic carbocycles. The number of hydrogen-bond acceptors (Lipinski definition) is 2. The molecular formula is C13H9ClIN3. The van der Waals surface area contributed by atoms with E-state index >= 15 is 0 Å². The van der Waals surface area contributed by atoms with Crippen LogP contribution in [0.3, 0.4) is 0 Å². The second kappa shape index (κ2) is 4.51. The molecule has 2 heterocycles. The predicted molar refractivity (Wildman–Crippen MR) is 81.7 cm³/mol. The molecule has 0 atom stereocenters. The number of fused-ring (bicyclic) bond motifs is 1. The maximum absolute atomic E-state index is 5.84. The lowest BCUT2D eigenvalue weighted by atomic mass is 10.2. The molecule has 0 radical (unpaired) electrons. The lowest BCUT2D eigenvalue weighted by molar-refractivity contribution is 0.966. The highest BCUT2D eigenvalue weighted by atomic mass is 127. The summed E-state index contributed by atoms with van der Waals surface area (Å²) in [6.45, 7) is 0. The minimum Gasteiger partial charge on any atom is -0.342 e. The van der Waals surface area contributed by atoms with Crippen LogP contribution in [0.2, 0.25) is 5.28 Å². The molecule has 0 amide bonds. The fourth-order valence-corrected chi connectivity index (χ4v) is 2.65. The number of benzene rings is 1. The SMILES string of the molecule is Cn1c(-c2ccnc(Cl)n2)cc2ccc(I)cc21. The van der Waals surface area contributed by atoms with Gasteiger partial charge in [0, 0.05) is 27.7 Å². The van der Waals surface area contributed by atoms with Crippen LogP contribution in [0.15, 0.2) is 36.5 Å². The summed E-state index contributed by atoms with van der Waals surface area (Å²) >= 11 is 8.15. The van der Waals surface area contributed by atoms with E-state index < -0.39 is 0 Å². The van der Waals surface area contributed by atoms with Gasteiger partial charge < -0.3 is 4.57 Å². The molecule has 3 nitrogen and oxygen atoms in total. The number of hydrogen-bond donors (Lipinski definition) is 0. The molecule has 0 aliphatic rings. The normalized spacial score (nSPS) is 11.1. The fraction of sp³-hybridized carbons (Fsp3) is 0.0769. The first-order valence-electron chi connectivity index (χ1n) is 5.39. The molecule has 0 saturated carbocycles. The smallest absolute Gasteiger partial charge is 0.222 e. The van der Waals surface area contributed by atoms with Crippen LogP contribution in [-0.4, -0.2) is 14.5 Å². The van der Waals surface area contributed by atoms with Crippen LogP contribution in [0.1, 0.15) is 0 Å². The maximum atomic E-state index is 5.84. The fourth-order valence-electron chi connectivity index (χ4n) is 2.03. The first-order valence-corrected chi connectivity index (χ1v) is 6.85. The topological polar surface area (TPSA) is 30.7 Å². The van der Waals surface area contributed by atoms with Gasteiger partial charge >= 0.3 is 0 Å². The molecule has 5 heteroatoms. The third kappa shape index (κ3) is 1.99. The van der Waals surface area contributed by atoms with Gasteiger partial charge in [-0.15, -0.1) is 0 Å². The highest BCUT2D eigenvalue weighted by molar-refractivity contribution is 14.1. The molecule has 0 aliphatic carbocycles. The molecule has 0 aliphatic heterocycles. The minimum atomic E-state index is 0.271. The zero-order chi connectivity index (χ0) is 12.7. The summed E-state index contributed by atoms with van der Waals surface area (Å²) < 4.78 is 3.34. The van der Waals surface area contributed by atoms with Crippen LogP contribution in [-0.2, 0) is 7.05 Å². The number of aromatic nitrogens is 3. The van der Waals surface area contributed by atoms with E-state index in [2.05, 4.69) is 61.4 Å². The van der Waals surface area contributed by atoms with Crippen molar-refractivity contribution in [3.63, 3.8) is 0 Å². The van der Waals surface area contributed by atoms with Crippen molar-refractivity contribution in [2.75, 3.05) is 0 Å². The molecular weight excluding hydrogens is 361 g/mol. The maximum Gasteiger partial charge on any atom is 0.222 e. The van der Waals surface area contributed by atoms with Crippen molar-refractivity contribution in [1.82, 2.24) is 14.5 Å². The van der Waals surface area contributed by atoms with Gasteiger partial charge in [0.1, 0.15) is 0 Å². The van der Waals surface area contributed by atoms with Crippen molar-refractivity contribution in [3.8, 4) is 11.4 Å². The Labute approximate surface area is 123 Å². The standard InChI is InChI=1S/C13H9ClIN3/c1-18-11-7-9(15)3-2-8(11)6-12(18)10-4-5-16-13(14)17-10/h2-7H,1H3. The van der Waals surface area contributed by atoms with Crippen molar-refractivity contribution in [2.45, 2.75) is 0 Å². The zero-order valence-corrected chi connectivity index (χ0v) is 12.5. The molecule has 3 rings (SSSR count). The van der Waals surface area contributed by atoms with Crippen LogP contribution in [0.25, 0.3) is 22.3 Å². The van der Waals surface area contributed by atoms with Gasteiger partial charge in [0.05, 0.1) is 11.4 Å². The largest absolute Gasteiger partial charge is 0.342 e. The molecule has 18 heavy (non-hydrogen) atoms. The molecule has 2 aromatic heterocycles. The van der Waals surface area contributed by atoms with Crippen LogP contribution in [0.5, 0.6) is 0 Å². The number of nitrogens with zero attached hydrogens (tertiary/aromatic N) is 3. The van der Waals surface area contributed by atoms with Crippen molar-refractivity contribution in [2.24, 2.45) is 7.05 Å². The molecule has 0 spiro atoms. The van der Waals surface area contributed by atoms with Gasteiger partial charge in [0.15, 0.2) is 0 Å². The predicted octanol–water partition coefficient (Wildman–Crippen LogP) is 3.89. The number of rotatable bonds is 1. The van der Waals surface area contributed by atoms with Gasteiger partial charge in [0.25, 0.3) is 0 Å². The van der Waals surface area contributed by atoms with Crippen LogP contribution < -0.4 is 0 Å². The average molecular weight is 370 g/mol. The lowest BCUT2D eigenvalue weighted by Gasteiger charge is -2.03. The van der Waals surface area contributed by atoms with Crippen LogP contribution in [0, 0.1) is 3.57 Å². The molecule has 0 fully saturated rings. The van der Waals surface area contributed by atoms with Gasteiger partial charge in [-0.2, -0.15) is 0 Å². The lowest BCUT2D eigenvalue weighted by Crippen LogP contribution is -1.94. The van der Waals surface area contributed by atoms with Crippen molar-refractivity contribution >= 4 is 45.1 Å². The van der Waals surface area contributed by atoms with Crippen molar-refractivity contribution < 1.29 is 0 Å². The summed E-state index contributed by atoms with van der Waals surface area (Å²) in [5, 5.41) is 1.47. The summed E-state index contributed by atoms with van der Waals surface area (Å²) in [5.41, 5.74) is 3.06. The average Bonchev–Trinajstić information content (AvgIpc) is 2.67. The first-order chi connectivity index (χ1) is 8.65. The first kappa shape index (κ1) is 11.9. The molecule has 0 N–H and O–H groups in total. The Balaban J connectivity index is 2.27. The third-order valence-corrected chi connectivity index (χ3v) is 3.75. The van der Waals surface area contributed by atoms with E-state index in [4.69, 9.17) is 11.6 Å². The summed E-state index contributed by atoms with van der Waals surface area (Å²) in [6, 6.07) is 10.3. The van der Waals surface area contributed by atoms with E-state index in [1.165, 1.54) is 14.5 Å². The Hall–Kier alpha value is -1.14. The Kier molecular flexibility index (Phi) is 2.99. The third-order valence-electron chi connectivity index (χ3n) is 2.90. The quantitative estimate of drug-likeness (QED) is 0.481. The van der Waals surface area contributed by atoms with Gasteiger partial charge in [-0.3, -0.25) is 0 Å². The van der Waals surface area contributed by atoms with Crippen LogP contribution >= 0.6 is 34.2 Å². The molecule has 90 valence electrons. The highest BCUT2D eigenvalue weighted by Gasteiger charge is 2.09. The van der Waals surface area contributed by atoms with E-state index in [0.29, 0.717) is 0 Å². The monoisotopic (exact) mass is 369 g/mol. The Bertz CT molecular complexity index is 736. The molecule has 3 aromatic rings.